The van der Waals surface area contributed by atoms with Crippen molar-refractivity contribution in [1.82, 2.24) is 34.9 Å². The molecule has 130 valence electrons. The van der Waals surface area contributed by atoms with Gasteiger partial charge in [-0.2, -0.15) is 9.50 Å². The van der Waals surface area contributed by atoms with E-state index < -0.39 is 0 Å². The van der Waals surface area contributed by atoms with Crippen molar-refractivity contribution in [3.8, 4) is 0 Å². The van der Waals surface area contributed by atoms with Crippen LogP contribution in [-0.2, 0) is 6.54 Å². The summed E-state index contributed by atoms with van der Waals surface area (Å²) in [5.41, 5.74) is 0.830. The van der Waals surface area contributed by atoms with Gasteiger partial charge in [-0.05, 0) is 32.0 Å². The van der Waals surface area contributed by atoms with Gasteiger partial charge in [0.1, 0.15) is 5.82 Å². The van der Waals surface area contributed by atoms with Gasteiger partial charge in [0.25, 0.3) is 0 Å². The Labute approximate surface area is 144 Å². The van der Waals surface area contributed by atoms with Crippen molar-refractivity contribution in [3.63, 3.8) is 0 Å². The lowest BCUT2D eigenvalue weighted by Gasteiger charge is -2.44. The van der Waals surface area contributed by atoms with Crippen LogP contribution in [0.25, 0.3) is 5.65 Å². The number of anilines is 1. The number of aromatic nitrogens is 6. The lowest BCUT2D eigenvalue weighted by atomic mass is 9.85. The van der Waals surface area contributed by atoms with Crippen molar-refractivity contribution in [3.05, 3.63) is 30.2 Å². The molecule has 1 aliphatic carbocycles. The summed E-state index contributed by atoms with van der Waals surface area (Å²) >= 11 is 0. The highest BCUT2D eigenvalue weighted by Crippen LogP contribution is 2.35. The SMILES string of the molecule is CN(Cc1ncno1)C1CN(c2ccc3nnc(C4CCC4)n3n2)C1. The molecule has 0 radical (unpaired) electrons. The molecule has 2 fully saturated rings. The van der Waals surface area contributed by atoms with Gasteiger partial charge in [0.2, 0.25) is 5.89 Å². The quantitative estimate of drug-likeness (QED) is 0.682. The Morgan fingerprint density at radius 3 is 2.84 bits per heavy atom. The molecule has 1 saturated carbocycles. The van der Waals surface area contributed by atoms with Crippen LogP contribution in [0, 0.1) is 0 Å². The molecule has 3 aromatic rings. The molecule has 0 amide bonds. The summed E-state index contributed by atoms with van der Waals surface area (Å²) in [6.07, 6.45) is 5.10. The second-order valence-corrected chi connectivity index (χ2v) is 6.96. The molecule has 0 aromatic carbocycles. The lowest BCUT2D eigenvalue weighted by molar-refractivity contribution is 0.174. The predicted molar refractivity (Wildman–Crippen MR) is 89.1 cm³/mol. The van der Waals surface area contributed by atoms with E-state index in [1.54, 1.807) is 0 Å². The van der Waals surface area contributed by atoms with E-state index >= 15 is 0 Å². The minimum Gasteiger partial charge on any atom is -0.352 e. The maximum absolute atomic E-state index is 5.08. The fraction of sp³-hybridized carbons (Fsp3) is 0.562. The second kappa shape index (κ2) is 5.76. The van der Waals surface area contributed by atoms with Gasteiger partial charge in [-0.25, -0.2) is 0 Å². The molecule has 4 heterocycles. The number of hydrogen-bond acceptors (Lipinski definition) is 8. The smallest absolute Gasteiger partial charge is 0.240 e. The van der Waals surface area contributed by atoms with Gasteiger partial charge in [0, 0.05) is 25.0 Å². The molecule has 5 rings (SSSR count). The van der Waals surface area contributed by atoms with Gasteiger partial charge in [0.05, 0.1) is 6.54 Å². The number of likely N-dealkylation sites (N-methyl/N-ethyl adjacent to an activating group) is 1. The maximum atomic E-state index is 5.08. The number of rotatable bonds is 5. The van der Waals surface area contributed by atoms with E-state index in [-0.39, 0.29) is 0 Å². The Morgan fingerprint density at radius 1 is 1.24 bits per heavy atom. The fourth-order valence-corrected chi connectivity index (χ4v) is 3.41. The topological polar surface area (TPSA) is 88.5 Å². The molecule has 1 saturated heterocycles. The summed E-state index contributed by atoms with van der Waals surface area (Å²) in [5, 5.41) is 17.0. The van der Waals surface area contributed by atoms with E-state index in [1.807, 2.05) is 16.6 Å². The monoisotopic (exact) mass is 340 g/mol. The summed E-state index contributed by atoms with van der Waals surface area (Å²) in [4.78, 5) is 8.59. The van der Waals surface area contributed by atoms with Crippen molar-refractivity contribution in [2.45, 2.75) is 37.8 Å². The molecule has 0 spiro atoms. The molecule has 0 unspecified atom stereocenters. The van der Waals surface area contributed by atoms with E-state index in [0.29, 0.717) is 24.4 Å². The Bertz CT molecular complexity index is 866. The highest BCUT2D eigenvalue weighted by Gasteiger charge is 2.32. The van der Waals surface area contributed by atoms with Crippen molar-refractivity contribution in [1.29, 1.82) is 0 Å². The molecule has 0 bridgehead atoms. The zero-order valence-electron chi connectivity index (χ0n) is 14.1. The summed E-state index contributed by atoms with van der Waals surface area (Å²) in [6, 6.07) is 4.49. The number of fused-ring (bicyclic) bond motifs is 1. The molecule has 1 aliphatic heterocycles. The molecule has 0 atom stereocenters. The van der Waals surface area contributed by atoms with Gasteiger partial charge < -0.3 is 9.42 Å². The minimum absolute atomic E-state index is 0.455. The van der Waals surface area contributed by atoms with Crippen LogP contribution in [0.5, 0.6) is 0 Å². The third-order valence-electron chi connectivity index (χ3n) is 5.34. The average molecular weight is 340 g/mol. The molecule has 9 nitrogen and oxygen atoms in total. The van der Waals surface area contributed by atoms with E-state index in [4.69, 9.17) is 9.62 Å². The van der Waals surface area contributed by atoms with E-state index in [1.165, 1.54) is 25.6 Å². The van der Waals surface area contributed by atoms with Crippen molar-refractivity contribution < 1.29 is 4.52 Å². The Morgan fingerprint density at radius 2 is 2.12 bits per heavy atom. The first kappa shape index (κ1) is 14.8. The van der Waals surface area contributed by atoms with Crippen LogP contribution in [0.1, 0.15) is 36.9 Å². The number of nitrogens with zero attached hydrogens (tertiary/aromatic N) is 8. The minimum atomic E-state index is 0.455. The molecule has 0 N–H and O–H groups in total. The van der Waals surface area contributed by atoms with Crippen LogP contribution < -0.4 is 4.90 Å². The third-order valence-corrected chi connectivity index (χ3v) is 5.34. The summed E-state index contributed by atoms with van der Waals surface area (Å²) in [5.74, 6) is 3.15. The Balaban J connectivity index is 1.28. The van der Waals surface area contributed by atoms with Crippen molar-refractivity contribution in [2.24, 2.45) is 0 Å². The molecular formula is C16H20N8O. The highest BCUT2D eigenvalue weighted by atomic mass is 16.5. The standard InChI is InChI=1S/C16H20N8O/c1-22(9-15-17-10-18-25-15)12-7-23(8-12)14-6-5-13-19-20-16(24(13)21-14)11-3-2-4-11/h5-6,10-12H,2-4,7-9H2,1H3. The van der Waals surface area contributed by atoms with Gasteiger partial charge in [-0.15, -0.1) is 15.3 Å². The van der Waals surface area contributed by atoms with Crippen LogP contribution in [0.3, 0.4) is 0 Å². The van der Waals surface area contributed by atoms with Crippen LogP contribution >= 0.6 is 0 Å². The van der Waals surface area contributed by atoms with E-state index in [9.17, 15) is 0 Å². The summed E-state index contributed by atoms with van der Waals surface area (Å²) in [6.45, 7) is 2.54. The first-order chi connectivity index (χ1) is 12.3. The normalized spacial score (nSPS) is 18.7. The van der Waals surface area contributed by atoms with E-state index in [2.05, 4.69) is 37.2 Å². The molecule has 9 heteroatoms. The van der Waals surface area contributed by atoms with E-state index in [0.717, 1.165) is 30.4 Å². The van der Waals surface area contributed by atoms with Gasteiger partial charge >= 0.3 is 0 Å². The first-order valence-corrected chi connectivity index (χ1v) is 8.71. The zero-order valence-corrected chi connectivity index (χ0v) is 14.1. The van der Waals surface area contributed by atoms with Crippen LogP contribution in [0.4, 0.5) is 5.82 Å². The maximum Gasteiger partial charge on any atom is 0.240 e. The van der Waals surface area contributed by atoms with Crippen LogP contribution in [0.2, 0.25) is 0 Å². The molecule has 3 aromatic heterocycles. The van der Waals surface area contributed by atoms with Gasteiger partial charge in [-0.1, -0.05) is 11.6 Å². The number of hydrogen-bond donors (Lipinski definition) is 0. The largest absolute Gasteiger partial charge is 0.352 e. The lowest BCUT2D eigenvalue weighted by Crippen LogP contribution is -2.58. The summed E-state index contributed by atoms with van der Waals surface area (Å²) < 4.78 is 7.00. The predicted octanol–water partition coefficient (Wildman–Crippen LogP) is 1.10. The van der Waals surface area contributed by atoms with Gasteiger partial charge in [-0.3, -0.25) is 4.90 Å². The highest BCUT2D eigenvalue weighted by molar-refractivity contribution is 5.48. The third kappa shape index (κ3) is 2.55. The van der Waals surface area contributed by atoms with Crippen molar-refractivity contribution in [2.75, 3.05) is 25.0 Å². The fourth-order valence-electron chi connectivity index (χ4n) is 3.41. The summed E-state index contributed by atoms with van der Waals surface area (Å²) in [7, 11) is 2.08. The van der Waals surface area contributed by atoms with Gasteiger partial charge in [0.15, 0.2) is 17.8 Å². The molecule has 2 aliphatic rings. The first-order valence-electron chi connectivity index (χ1n) is 8.71. The van der Waals surface area contributed by atoms with Crippen LogP contribution in [0.15, 0.2) is 23.0 Å². The second-order valence-electron chi connectivity index (χ2n) is 6.96. The molecule has 25 heavy (non-hydrogen) atoms. The van der Waals surface area contributed by atoms with Crippen molar-refractivity contribution >= 4 is 11.5 Å². The zero-order chi connectivity index (χ0) is 16.8. The Hall–Kier alpha value is -2.55. The Kier molecular flexibility index (Phi) is 3.40. The molecular weight excluding hydrogens is 320 g/mol. The average Bonchev–Trinajstić information content (AvgIpc) is 3.14. The van der Waals surface area contributed by atoms with Crippen LogP contribution in [-0.4, -0.2) is 61.0 Å².